The molecule has 0 bridgehead atoms. The van der Waals surface area contributed by atoms with Gasteiger partial charge in [0.25, 0.3) is 11.5 Å². The van der Waals surface area contributed by atoms with E-state index in [9.17, 15) is 14.4 Å². The van der Waals surface area contributed by atoms with E-state index in [0.717, 1.165) is 11.1 Å². The van der Waals surface area contributed by atoms with Crippen molar-refractivity contribution >= 4 is 46.6 Å². The molecule has 1 N–H and O–H groups in total. The Morgan fingerprint density at radius 1 is 0.854 bits per heavy atom. The zero-order chi connectivity index (χ0) is 28.7. The first-order chi connectivity index (χ1) is 19.8. The Bertz CT molecular complexity index is 1670. The minimum Gasteiger partial charge on any atom is -0.338 e. The molecule has 1 unspecified atom stereocenters. The Kier molecular flexibility index (Phi) is 7.59. The second kappa shape index (κ2) is 11.3. The quantitative estimate of drug-likeness (QED) is 0.328. The van der Waals surface area contributed by atoms with Crippen LogP contribution in [0.25, 0.3) is 22.5 Å². The van der Waals surface area contributed by atoms with E-state index in [2.05, 4.69) is 15.3 Å². The molecule has 2 aliphatic heterocycles. The van der Waals surface area contributed by atoms with Gasteiger partial charge in [-0.05, 0) is 67.3 Å². The molecule has 41 heavy (non-hydrogen) atoms. The van der Waals surface area contributed by atoms with Gasteiger partial charge in [0.1, 0.15) is 17.3 Å². The van der Waals surface area contributed by atoms with E-state index in [1.807, 2.05) is 11.0 Å². The van der Waals surface area contributed by atoms with Crippen LogP contribution >= 0.6 is 34.8 Å². The summed E-state index contributed by atoms with van der Waals surface area (Å²) < 4.78 is 1.60. The summed E-state index contributed by atoms with van der Waals surface area (Å²) in [5.74, 6) is -0.326. The summed E-state index contributed by atoms with van der Waals surface area (Å²) in [6.07, 6.45) is 3.62. The van der Waals surface area contributed by atoms with Gasteiger partial charge >= 0.3 is 0 Å². The Morgan fingerprint density at radius 3 is 2.29 bits per heavy atom. The van der Waals surface area contributed by atoms with Gasteiger partial charge in [-0.3, -0.25) is 14.4 Å². The van der Waals surface area contributed by atoms with E-state index in [1.165, 1.54) is 0 Å². The van der Waals surface area contributed by atoms with Crippen molar-refractivity contribution in [3.8, 4) is 22.5 Å². The molecule has 0 spiro atoms. The highest BCUT2D eigenvalue weighted by molar-refractivity contribution is 6.35. The average molecular weight is 612 g/mol. The Morgan fingerprint density at radius 2 is 1.59 bits per heavy atom. The van der Waals surface area contributed by atoms with Crippen LogP contribution < -0.4 is 5.56 Å². The summed E-state index contributed by atoms with van der Waals surface area (Å²) in [6.45, 7) is 1.51. The number of aromatic nitrogens is 4. The Labute approximate surface area is 250 Å². The number of hydrogen-bond donors (Lipinski definition) is 1. The fourth-order valence-corrected chi connectivity index (χ4v) is 6.29. The van der Waals surface area contributed by atoms with Gasteiger partial charge in [-0.25, -0.2) is 4.68 Å². The first kappa shape index (κ1) is 27.5. The lowest BCUT2D eigenvalue weighted by atomic mass is 10.0. The minimum absolute atomic E-state index is 0.00904. The molecule has 0 aliphatic carbocycles. The predicted molar refractivity (Wildman–Crippen MR) is 157 cm³/mol. The largest absolute Gasteiger partial charge is 0.338 e. The maximum atomic E-state index is 13.4. The van der Waals surface area contributed by atoms with E-state index in [4.69, 9.17) is 34.8 Å². The second-order valence-corrected chi connectivity index (χ2v) is 11.5. The number of benzene rings is 2. The summed E-state index contributed by atoms with van der Waals surface area (Å²) >= 11 is 18.3. The number of aromatic amines is 1. The molecule has 0 radical (unpaired) electrons. The van der Waals surface area contributed by atoms with Crippen LogP contribution in [0, 0.1) is 0 Å². The lowest BCUT2D eigenvalue weighted by Crippen LogP contribution is -2.48. The molecule has 2 aliphatic rings. The molecule has 2 saturated heterocycles. The normalized spacial score (nSPS) is 17.8. The van der Waals surface area contributed by atoms with Crippen LogP contribution in [0.4, 0.5) is 0 Å². The van der Waals surface area contributed by atoms with Gasteiger partial charge in [0.15, 0.2) is 0 Å². The highest BCUT2D eigenvalue weighted by atomic mass is 35.5. The van der Waals surface area contributed by atoms with Gasteiger partial charge in [0.05, 0.1) is 6.20 Å². The van der Waals surface area contributed by atoms with Crippen molar-refractivity contribution in [1.82, 2.24) is 29.8 Å². The molecule has 12 heteroatoms. The van der Waals surface area contributed by atoms with Crippen molar-refractivity contribution in [1.29, 1.82) is 0 Å². The van der Waals surface area contributed by atoms with Gasteiger partial charge in [-0.2, -0.15) is 0 Å². The fraction of sp³-hybridized carbons (Fsp3) is 0.276. The average Bonchev–Trinajstić information content (AvgIpc) is 3.59. The standard InChI is InChI=1S/C29H25Cl3N6O3/c30-19-3-1-2-17(12-19)24-5-4-23(27(39)33-24)28(40)36-9-6-22(7-10-36)37-11-8-26(29(37)41)38-16-25(34-35-38)18-13-20(31)15-21(32)14-18/h1-5,12-16,22,26H,6-11H2,(H,33,39). The van der Waals surface area contributed by atoms with E-state index in [1.54, 1.807) is 64.3 Å². The molecular formula is C29H25Cl3N6O3. The zero-order valence-electron chi connectivity index (χ0n) is 21.8. The Hall–Kier alpha value is -3.66. The Balaban J connectivity index is 1.08. The number of halogens is 3. The van der Waals surface area contributed by atoms with Crippen LogP contribution in [0.5, 0.6) is 0 Å². The molecule has 6 rings (SSSR count). The van der Waals surface area contributed by atoms with Gasteiger partial charge in [0, 0.05) is 52.0 Å². The number of H-pyrrole nitrogens is 1. The molecule has 210 valence electrons. The van der Waals surface area contributed by atoms with Gasteiger partial charge in [-0.15, -0.1) is 5.10 Å². The summed E-state index contributed by atoms with van der Waals surface area (Å²) in [4.78, 5) is 45.7. The van der Waals surface area contributed by atoms with Crippen molar-refractivity contribution in [2.75, 3.05) is 19.6 Å². The SMILES string of the molecule is O=C(c1ccc(-c2cccc(Cl)c2)[nH]c1=O)N1CCC(N2CCC(n3cc(-c4cc(Cl)cc(Cl)c4)nn3)C2=O)CC1. The molecule has 9 nitrogen and oxygen atoms in total. The molecule has 1 atom stereocenters. The molecule has 2 aromatic heterocycles. The molecule has 2 aromatic carbocycles. The first-order valence-corrected chi connectivity index (χ1v) is 14.4. The highest BCUT2D eigenvalue weighted by Gasteiger charge is 2.39. The number of rotatable bonds is 5. The van der Waals surface area contributed by atoms with Crippen molar-refractivity contribution < 1.29 is 9.59 Å². The maximum Gasteiger partial charge on any atom is 0.261 e. The molecule has 4 heterocycles. The van der Waals surface area contributed by atoms with Gasteiger partial charge in [-0.1, -0.05) is 52.1 Å². The number of hydrogen-bond acceptors (Lipinski definition) is 5. The van der Waals surface area contributed by atoms with E-state index in [0.29, 0.717) is 65.4 Å². The number of nitrogens with zero attached hydrogens (tertiary/aromatic N) is 5. The third kappa shape index (κ3) is 5.62. The summed E-state index contributed by atoms with van der Waals surface area (Å²) in [5.41, 5.74) is 2.31. The summed E-state index contributed by atoms with van der Waals surface area (Å²) in [5, 5.41) is 9.98. The smallest absolute Gasteiger partial charge is 0.261 e. The number of carbonyl (C=O) groups is 2. The lowest BCUT2D eigenvalue weighted by molar-refractivity contribution is -0.133. The first-order valence-electron chi connectivity index (χ1n) is 13.2. The van der Waals surface area contributed by atoms with Gasteiger partial charge < -0.3 is 14.8 Å². The van der Waals surface area contributed by atoms with Crippen LogP contribution in [0.1, 0.15) is 35.7 Å². The number of carbonyl (C=O) groups excluding carboxylic acids is 2. The van der Waals surface area contributed by atoms with Crippen LogP contribution in [-0.2, 0) is 4.79 Å². The van der Waals surface area contributed by atoms with Crippen LogP contribution in [0.3, 0.4) is 0 Å². The lowest BCUT2D eigenvalue weighted by Gasteiger charge is -2.36. The third-order valence-electron chi connectivity index (χ3n) is 7.67. The molecular weight excluding hydrogens is 587 g/mol. The monoisotopic (exact) mass is 610 g/mol. The van der Waals surface area contributed by atoms with Crippen molar-refractivity contribution in [2.45, 2.75) is 31.3 Å². The minimum atomic E-state index is -0.445. The maximum absolute atomic E-state index is 13.4. The van der Waals surface area contributed by atoms with E-state index < -0.39 is 11.6 Å². The van der Waals surface area contributed by atoms with Crippen molar-refractivity contribution in [3.63, 3.8) is 0 Å². The molecule has 4 aromatic rings. The van der Waals surface area contributed by atoms with Crippen LogP contribution in [0.15, 0.2) is 65.6 Å². The van der Waals surface area contributed by atoms with Gasteiger partial charge in [0.2, 0.25) is 5.91 Å². The number of pyridine rings is 1. The second-order valence-electron chi connectivity index (χ2n) is 10.2. The van der Waals surface area contributed by atoms with Crippen molar-refractivity contribution in [2.24, 2.45) is 0 Å². The molecule has 2 fully saturated rings. The van der Waals surface area contributed by atoms with E-state index in [-0.39, 0.29) is 23.4 Å². The van der Waals surface area contributed by atoms with E-state index >= 15 is 0 Å². The molecule has 2 amide bonds. The summed E-state index contributed by atoms with van der Waals surface area (Å²) in [7, 11) is 0. The number of nitrogens with one attached hydrogen (secondary N) is 1. The number of amides is 2. The topological polar surface area (TPSA) is 104 Å². The summed E-state index contributed by atoms with van der Waals surface area (Å²) in [6, 6.07) is 15.1. The highest BCUT2D eigenvalue weighted by Crippen LogP contribution is 2.31. The van der Waals surface area contributed by atoms with Crippen molar-refractivity contribution in [3.05, 3.63) is 91.8 Å². The van der Waals surface area contributed by atoms with Crippen LogP contribution in [-0.4, -0.2) is 67.3 Å². The molecule has 0 saturated carbocycles. The number of piperidine rings is 1. The fourth-order valence-electron chi connectivity index (χ4n) is 5.57. The predicted octanol–water partition coefficient (Wildman–Crippen LogP) is 5.34. The third-order valence-corrected chi connectivity index (χ3v) is 8.34. The van der Waals surface area contributed by atoms with Crippen LogP contribution in [0.2, 0.25) is 15.1 Å². The zero-order valence-corrected chi connectivity index (χ0v) is 24.0. The number of likely N-dealkylation sites (tertiary alicyclic amines) is 2.